The summed E-state index contributed by atoms with van der Waals surface area (Å²) < 4.78 is 1.32. The molecular formula is C17H14ClN7O2. The maximum Gasteiger partial charge on any atom is 0.265 e. The van der Waals surface area contributed by atoms with Gasteiger partial charge in [-0.05, 0) is 25.1 Å². The van der Waals surface area contributed by atoms with Crippen molar-refractivity contribution >= 4 is 47.2 Å². The summed E-state index contributed by atoms with van der Waals surface area (Å²) in [6.07, 6.45) is 1.50. The minimum Gasteiger partial charge on any atom is -0.306 e. The molecule has 2 aromatic rings. The van der Waals surface area contributed by atoms with Gasteiger partial charge in [0.25, 0.3) is 17.8 Å². The normalized spacial score (nSPS) is 18.3. The van der Waals surface area contributed by atoms with E-state index in [-0.39, 0.29) is 17.8 Å². The van der Waals surface area contributed by atoms with Crippen LogP contribution in [0.15, 0.2) is 45.4 Å². The Morgan fingerprint density at radius 1 is 1.26 bits per heavy atom. The monoisotopic (exact) mass is 383 g/mol. The molecule has 0 fully saturated rings. The van der Waals surface area contributed by atoms with Gasteiger partial charge < -0.3 is 5.32 Å². The van der Waals surface area contributed by atoms with Gasteiger partial charge in [-0.25, -0.2) is 0 Å². The highest BCUT2D eigenvalue weighted by Crippen LogP contribution is 2.20. The molecule has 4 rings (SSSR count). The van der Waals surface area contributed by atoms with Crippen molar-refractivity contribution in [2.75, 3.05) is 12.4 Å². The van der Waals surface area contributed by atoms with Crippen LogP contribution in [0.5, 0.6) is 0 Å². The number of carbonyl (C=O) groups excluding carboxylic acids is 2. The lowest BCUT2D eigenvalue weighted by molar-refractivity contribution is -0.118. The number of aryl methyl sites for hydroxylation is 1. The third-order valence-electron chi connectivity index (χ3n) is 4.04. The Labute approximate surface area is 159 Å². The van der Waals surface area contributed by atoms with E-state index in [9.17, 15) is 9.59 Å². The highest BCUT2D eigenvalue weighted by Gasteiger charge is 2.35. The topological polar surface area (TPSA) is 104 Å². The van der Waals surface area contributed by atoms with E-state index < -0.39 is 5.92 Å². The van der Waals surface area contributed by atoms with E-state index in [2.05, 4.69) is 25.5 Å². The van der Waals surface area contributed by atoms with Gasteiger partial charge in [0.1, 0.15) is 17.6 Å². The molecule has 10 heteroatoms. The predicted molar refractivity (Wildman–Crippen MR) is 101 cm³/mol. The number of hydrogen-bond donors (Lipinski definition) is 1. The molecule has 9 nitrogen and oxygen atoms in total. The van der Waals surface area contributed by atoms with Crippen molar-refractivity contribution in [1.82, 2.24) is 14.8 Å². The van der Waals surface area contributed by atoms with Gasteiger partial charge in [0, 0.05) is 29.9 Å². The maximum atomic E-state index is 12.5. The Morgan fingerprint density at radius 3 is 2.85 bits per heavy atom. The van der Waals surface area contributed by atoms with Crippen LogP contribution in [0.4, 0.5) is 5.82 Å². The molecule has 0 radical (unpaired) electrons. The molecule has 0 saturated heterocycles. The van der Waals surface area contributed by atoms with Gasteiger partial charge in [-0.1, -0.05) is 17.7 Å². The Morgan fingerprint density at radius 2 is 2.07 bits per heavy atom. The Kier molecular flexibility index (Phi) is 4.08. The van der Waals surface area contributed by atoms with Crippen LogP contribution in [-0.4, -0.2) is 51.7 Å². The molecule has 3 heterocycles. The van der Waals surface area contributed by atoms with Gasteiger partial charge >= 0.3 is 0 Å². The van der Waals surface area contributed by atoms with Crippen molar-refractivity contribution in [2.45, 2.75) is 6.92 Å². The Hall–Kier alpha value is -3.33. The standard InChI is InChI=1S/C17H14ClN7O2/c1-9-6-13(20-15(26)10-4-3-5-11(18)7-10)25(23-9)17-21-14-12(16(27)22-17)8-19-24(14)2/h3-8,12H,1-2H3,(H,20,26). The fourth-order valence-corrected chi connectivity index (χ4v) is 2.95. The van der Waals surface area contributed by atoms with E-state index in [0.717, 1.165) is 0 Å². The first-order valence-electron chi connectivity index (χ1n) is 8.05. The average molecular weight is 384 g/mol. The van der Waals surface area contributed by atoms with Crippen molar-refractivity contribution < 1.29 is 9.59 Å². The van der Waals surface area contributed by atoms with Gasteiger partial charge in [-0.3, -0.25) is 14.6 Å². The lowest BCUT2D eigenvalue weighted by Crippen LogP contribution is -2.35. The van der Waals surface area contributed by atoms with E-state index in [1.54, 1.807) is 44.3 Å². The van der Waals surface area contributed by atoms with Crippen LogP contribution in [0.1, 0.15) is 16.1 Å². The number of benzene rings is 1. The summed E-state index contributed by atoms with van der Waals surface area (Å²) in [5, 5.41) is 13.1. The predicted octanol–water partition coefficient (Wildman–Crippen LogP) is 1.79. The number of nitrogens with one attached hydrogen (secondary N) is 1. The second-order valence-corrected chi connectivity index (χ2v) is 6.47. The first-order valence-corrected chi connectivity index (χ1v) is 8.43. The zero-order valence-electron chi connectivity index (χ0n) is 14.4. The number of hydrogen-bond acceptors (Lipinski definition) is 6. The smallest absolute Gasteiger partial charge is 0.265 e. The minimum atomic E-state index is -0.583. The van der Waals surface area contributed by atoms with Gasteiger partial charge in [0.15, 0.2) is 0 Å². The van der Waals surface area contributed by atoms with Crippen molar-refractivity contribution in [3.05, 3.63) is 46.6 Å². The van der Waals surface area contributed by atoms with Crippen molar-refractivity contribution in [2.24, 2.45) is 21.0 Å². The highest BCUT2D eigenvalue weighted by atomic mass is 35.5. The molecule has 0 saturated carbocycles. The van der Waals surface area contributed by atoms with Crippen LogP contribution < -0.4 is 5.32 Å². The van der Waals surface area contributed by atoms with Crippen LogP contribution in [0, 0.1) is 12.8 Å². The lowest BCUT2D eigenvalue weighted by Gasteiger charge is -2.17. The first-order chi connectivity index (χ1) is 12.9. The number of rotatable bonds is 2. The fraction of sp³-hybridized carbons (Fsp3) is 0.176. The summed E-state index contributed by atoms with van der Waals surface area (Å²) in [5.74, 6) is -0.465. The number of aromatic nitrogens is 2. The van der Waals surface area contributed by atoms with Crippen LogP contribution in [0.3, 0.4) is 0 Å². The van der Waals surface area contributed by atoms with E-state index in [1.807, 2.05) is 0 Å². The molecule has 2 amide bonds. The summed E-state index contributed by atoms with van der Waals surface area (Å²) in [5.41, 5.74) is 1.02. The van der Waals surface area contributed by atoms with E-state index >= 15 is 0 Å². The maximum absolute atomic E-state index is 12.5. The van der Waals surface area contributed by atoms with Gasteiger partial charge in [-0.2, -0.15) is 24.9 Å². The number of anilines is 1. The van der Waals surface area contributed by atoms with E-state index in [0.29, 0.717) is 27.9 Å². The highest BCUT2D eigenvalue weighted by molar-refractivity contribution is 6.31. The number of amidine groups is 1. The SMILES string of the molecule is Cc1cc(NC(=O)c2cccc(Cl)c2)n(C2=NC(=O)C3C=NN(C)C3=N2)n1. The summed E-state index contributed by atoms with van der Waals surface area (Å²) in [6, 6.07) is 8.23. The molecule has 0 aliphatic carbocycles. The second-order valence-electron chi connectivity index (χ2n) is 6.03. The van der Waals surface area contributed by atoms with Crippen LogP contribution in [-0.2, 0) is 4.79 Å². The quantitative estimate of drug-likeness (QED) is 0.853. The Bertz CT molecular complexity index is 1050. The van der Waals surface area contributed by atoms with Gasteiger partial charge in [-0.15, -0.1) is 0 Å². The molecule has 136 valence electrons. The molecular weight excluding hydrogens is 370 g/mol. The second kappa shape index (κ2) is 6.44. The van der Waals surface area contributed by atoms with E-state index in [1.165, 1.54) is 15.9 Å². The first kappa shape index (κ1) is 17.1. The van der Waals surface area contributed by atoms with Crippen molar-refractivity contribution in [1.29, 1.82) is 0 Å². The molecule has 27 heavy (non-hydrogen) atoms. The number of amides is 2. The zero-order valence-corrected chi connectivity index (χ0v) is 15.2. The number of carbonyl (C=O) groups is 2. The van der Waals surface area contributed by atoms with Gasteiger partial charge in [0.2, 0.25) is 0 Å². The molecule has 1 unspecified atom stereocenters. The average Bonchev–Trinajstić information content (AvgIpc) is 3.18. The molecule has 2 aliphatic rings. The van der Waals surface area contributed by atoms with Crippen LogP contribution in [0.2, 0.25) is 5.02 Å². The summed E-state index contributed by atoms with van der Waals surface area (Å²) in [6.45, 7) is 1.76. The number of fused-ring (bicyclic) bond motifs is 1. The third-order valence-corrected chi connectivity index (χ3v) is 4.27. The summed E-state index contributed by atoms with van der Waals surface area (Å²) in [7, 11) is 1.70. The molecule has 1 aromatic carbocycles. The summed E-state index contributed by atoms with van der Waals surface area (Å²) >= 11 is 5.94. The molecule has 1 atom stereocenters. The largest absolute Gasteiger partial charge is 0.306 e. The third kappa shape index (κ3) is 3.13. The molecule has 0 bridgehead atoms. The molecule has 2 aliphatic heterocycles. The van der Waals surface area contributed by atoms with Crippen LogP contribution in [0.25, 0.3) is 0 Å². The zero-order chi connectivity index (χ0) is 19.1. The molecule has 1 aromatic heterocycles. The molecule has 1 N–H and O–H groups in total. The van der Waals surface area contributed by atoms with Gasteiger partial charge in [0.05, 0.1) is 5.69 Å². The number of halogens is 1. The lowest BCUT2D eigenvalue weighted by atomic mass is 10.1. The number of nitrogens with zero attached hydrogens (tertiary/aromatic N) is 6. The van der Waals surface area contributed by atoms with Crippen molar-refractivity contribution in [3.8, 4) is 0 Å². The van der Waals surface area contributed by atoms with Crippen molar-refractivity contribution in [3.63, 3.8) is 0 Å². The minimum absolute atomic E-state index is 0.0677. The van der Waals surface area contributed by atoms with Crippen LogP contribution >= 0.6 is 11.6 Å². The molecule has 0 spiro atoms. The fourth-order valence-electron chi connectivity index (χ4n) is 2.76. The number of hydrazone groups is 1. The summed E-state index contributed by atoms with van der Waals surface area (Å²) in [4.78, 5) is 33.2. The number of aliphatic imine (C=N–C) groups is 2. The Balaban J connectivity index is 1.67. The van der Waals surface area contributed by atoms with E-state index in [4.69, 9.17) is 11.6 Å².